The van der Waals surface area contributed by atoms with Gasteiger partial charge in [-0.15, -0.1) is 0 Å². The lowest BCUT2D eigenvalue weighted by atomic mass is 10.0. The number of aliphatic hydroxyl groups is 1. The van der Waals surface area contributed by atoms with Crippen LogP contribution in [0.25, 0.3) is 11.3 Å². The van der Waals surface area contributed by atoms with Crippen LogP contribution in [0.1, 0.15) is 55.0 Å². The highest BCUT2D eigenvalue weighted by molar-refractivity contribution is 6.32. The summed E-state index contributed by atoms with van der Waals surface area (Å²) < 4.78 is 12.7. The Balaban J connectivity index is 1.42. The standard InChI is InChI=1S/C28H33ClN4O5/c1-16(2)37-24-10-9-20(14-22(24)29)27(35)30-21(11-12-34)13-18-5-7-19(8-6-18)23-15-33(4)26(31-23)25-17(3)38-28(36)32-25/h5-10,14-17,21,25,34H,11-13H2,1-4H3,(H,30,35)(H,32,36)/t17-,21+,25-/m0/s1. The van der Waals surface area contributed by atoms with Crippen molar-refractivity contribution in [3.05, 3.63) is 70.6 Å². The Morgan fingerprint density at radius 3 is 2.61 bits per heavy atom. The molecular formula is C28H33ClN4O5. The van der Waals surface area contributed by atoms with E-state index in [-0.39, 0.29) is 36.8 Å². The van der Waals surface area contributed by atoms with Gasteiger partial charge in [-0.3, -0.25) is 4.79 Å². The van der Waals surface area contributed by atoms with Crippen LogP contribution in [0.4, 0.5) is 4.79 Å². The number of ether oxygens (including phenoxy) is 2. The molecule has 202 valence electrons. The molecule has 0 unspecified atom stereocenters. The first-order valence-electron chi connectivity index (χ1n) is 12.6. The first kappa shape index (κ1) is 27.5. The zero-order chi connectivity index (χ0) is 27.4. The Morgan fingerprint density at radius 1 is 1.26 bits per heavy atom. The summed E-state index contributed by atoms with van der Waals surface area (Å²) in [5.74, 6) is 0.981. The summed E-state index contributed by atoms with van der Waals surface area (Å²) in [5, 5.41) is 15.7. The molecule has 1 fully saturated rings. The molecule has 0 spiro atoms. The van der Waals surface area contributed by atoms with Gasteiger partial charge >= 0.3 is 6.09 Å². The van der Waals surface area contributed by atoms with Crippen LogP contribution in [0.3, 0.4) is 0 Å². The monoisotopic (exact) mass is 540 g/mol. The van der Waals surface area contributed by atoms with Crippen molar-refractivity contribution in [1.82, 2.24) is 20.2 Å². The Kier molecular flexibility index (Phi) is 8.58. The Bertz CT molecular complexity index is 1290. The topological polar surface area (TPSA) is 115 Å². The molecule has 1 saturated heterocycles. The van der Waals surface area contributed by atoms with Gasteiger partial charge in [0, 0.05) is 37.0 Å². The van der Waals surface area contributed by atoms with E-state index >= 15 is 0 Å². The number of amides is 2. The maximum absolute atomic E-state index is 12.9. The van der Waals surface area contributed by atoms with Crippen LogP contribution >= 0.6 is 11.6 Å². The zero-order valence-corrected chi connectivity index (χ0v) is 22.7. The Hall–Kier alpha value is -3.56. The molecule has 10 heteroatoms. The van der Waals surface area contributed by atoms with E-state index in [0.29, 0.717) is 29.2 Å². The van der Waals surface area contributed by atoms with E-state index in [9.17, 15) is 14.7 Å². The largest absolute Gasteiger partial charge is 0.489 e. The molecule has 38 heavy (non-hydrogen) atoms. The van der Waals surface area contributed by atoms with E-state index in [2.05, 4.69) is 10.6 Å². The fourth-order valence-corrected chi connectivity index (χ4v) is 4.66. The molecule has 4 rings (SSSR count). The smallest absolute Gasteiger partial charge is 0.408 e. The number of cyclic esters (lactones) is 1. The SMILES string of the molecule is CC(C)Oc1ccc(C(=O)N[C@H](CCO)Cc2ccc(-c3cn(C)c([C@H]4NC(=O)O[C@H]4C)n3)cc2)cc1Cl. The number of hydrogen-bond donors (Lipinski definition) is 3. The highest BCUT2D eigenvalue weighted by Gasteiger charge is 2.34. The summed E-state index contributed by atoms with van der Waals surface area (Å²) in [5.41, 5.74) is 3.14. The molecule has 0 aliphatic carbocycles. The molecule has 0 radical (unpaired) electrons. The van der Waals surface area contributed by atoms with Crippen LogP contribution < -0.4 is 15.4 Å². The van der Waals surface area contributed by atoms with Crippen molar-refractivity contribution in [3.63, 3.8) is 0 Å². The number of nitrogens with one attached hydrogen (secondary N) is 2. The highest BCUT2D eigenvalue weighted by Crippen LogP contribution is 2.28. The van der Waals surface area contributed by atoms with Crippen molar-refractivity contribution >= 4 is 23.6 Å². The van der Waals surface area contributed by atoms with Crippen LogP contribution in [-0.2, 0) is 18.2 Å². The van der Waals surface area contributed by atoms with Gasteiger partial charge < -0.3 is 29.8 Å². The lowest BCUT2D eigenvalue weighted by Gasteiger charge is -2.19. The normalized spacial score (nSPS) is 17.7. The van der Waals surface area contributed by atoms with E-state index in [1.807, 2.05) is 62.8 Å². The number of carbonyl (C=O) groups is 2. The van der Waals surface area contributed by atoms with Gasteiger partial charge in [0.1, 0.15) is 23.7 Å². The average Bonchev–Trinajstić information content (AvgIpc) is 3.41. The molecule has 2 amide bonds. The molecule has 2 aromatic carbocycles. The predicted octanol–water partition coefficient (Wildman–Crippen LogP) is 4.42. The lowest BCUT2D eigenvalue weighted by Crippen LogP contribution is -2.37. The molecular weight excluding hydrogens is 508 g/mol. The number of carbonyl (C=O) groups excluding carboxylic acids is 2. The van der Waals surface area contributed by atoms with Crippen molar-refractivity contribution in [2.75, 3.05) is 6.61 Å². The first-order valence-corrected chi connectivity index (χ1v) is 13.0. The first-order chi connectivity index (χ1) is 18.1. The molecule has 9 nitrogen and oxygen atoms in total. The van der Waals surface area contributed by atoms with E-state index in [1.54, 1.807) is 18.2 Å². The summed E-state index contributed by atoms with van der Waals surface area (Å²) in [6.45, 7) is 5.59. The number of imidazole rings is 1. The minimum Gasteiger partial charge on any atom is -0.489 e. The lowest BCUT2D eigenvalue weighted by molar-refractivity contribution is 0.0930. The zero-order valence-electron chi connectivity index (χ0n) is 21.9. The van der Waals surface area contributed by atoms with Crippen LogP contribution in [-0.4, -0.2) is 51.5 Å². The van der Waals surface area contributed by atoms with Crippen molar-refractivity contribution in [2.24, 2.45) is 7.05 Å². The molecule has 2 heterocycles. The third-order valence-electron chi connectivity index (χ3n) is 6.33. The number of halogens is 1. The van der Waals surface area contributed by atoms with Crippen LogP contribution in [0.2, 0.25) is 5.02 Å². The number of aryl methyl sites for hydroxylation is 1. The van der Waals surface area contributed by atoms with Crippen LogP contribution in [0, 0.1) is 0 Å². The number of rotatable bonds is 10. The molecule has 1 aromatic heterocycles. The number of hydrogen-bond acceptors (Lipinski definition) is 6. The Morgan fingerprint density at radius 2 is 2.00 bits per heavy atom. The van der Waals surface area contributed by atoms with Gasteiger partial charge in [0.15, 0.2) is 0 Å². The second-order valence-corrected chi connectivity index (χ2v) is 10.1. The van der Waals surface area contributed by atoms with Gasteiger partial charge in [-0.2, -0.15) is 0 Å². The summed E-state index contributed by atoms with van der Waals surface area (Å²) >= 11 is 6.30. The number of alkyl carbamates (subject to hydrolysis) is 1. The molecule has 0 saturated carbocycles. The minimum atomic E-state index is -0.443. The summed E-state index contributed by atoms with van der Waals surface area (Å²) in [7, 11) is 1.89. The summed E-state index contributed by atoms with van der Waals surface area (Å²) in [6.07, 6.45) is 2.10. The number of nitrogens with zero attached hydrogens (tertiary/aromatic N) is 2. The van der Waals surface area contributed by atoms with Crippen LogP contribution in [0.15, 0.2) is 48.7 Å². The van der Waals surface area contributed by atoms with E-state index < -0.39 is 6.09 Å². The summed E-state index contributed by atoms with van der Waals surface area (Å²) in [6, 6.07) is 12.3. The average molecular weight is 541 g/mol. The predicted molar refractivity (Wildman–Crippen MR) is 144 cm³/mol. The van der Waals surface area contributed by atoms with Crippen molar-refractivity contribution < 1.29 is 24.2 Å². The minimum absolute atomic E-state index is 0.0273. The maximum atomic E-state index is 12.9. The molecule has 1 aliphatic heterocycles. The van der Waals surface area contributed by atoms with E-state index in [1.165, 1.54) is 0 Å². The van der Waals surface area contributed by atoms with Gasteiger partial charge in [0.25, 0.3) is 5.91 Å². The molecule has 0 bridgehead atoms. The molecule has 1 aliphatic rings. The van der Waals surface area contributed by atoms with E-state index in [0.717, 1.165) is 22.6 Å². The third kappa shape index (κ3) is 6.46. The number of benzene rings is 2. The fraction of sp³-hybridized carbons (Fsp3) is 0.393. The van der Waals surface area contributed by atoms with E-state index in [4.69, 9.17) is 26.1 Å². The number of aliphatic hydroxyl groups excluding tert-OH is 1. The quantitative estimate of drug-likeness (QED) is 0.351. The van der Waals surface area contributed by atoms with Gasteiger partial charge in [-0.05, 0) is 57.4 Å². The Labute approximate surface area is 227 Å². The van der Waals surface area contributed by atoms with Crippen LogP contribution in [0.5, 0.6) is 5.75 Å². The second-order valence-electron chi connectivity index (χ2n) is 9.72. The van der Waals surface area contributed by atoms with Crippen molar-refractivity contribution in [2.45, 2.75) is 57.9 Å². The van der Waals surface area contributed by atoms with Gasteiger partial charge in [0.2, 0.25) is 0 Å². The second kappa shape index (κ2) is 11.9. The molecule has 3 atom stereocenters. The van der Waals surface area contributed by atoms with Gasteiger partial charge in [-0.25, -0.2) is 9.78 Å². The van der Waals surface area contributed by atoms with Crippen molar-refractivity contribution in [3.8, 4) is 17.0 Å². The molecule has 3 aromatic rings. The number of aromatic nitrogens is 2. The molecule has 3 N–H and O–H groups in total. The van der Waals surface area contributed by atoms with Gasteiger partial charge in [-0.1, -0.05) is 35.9 Å². The van der Waals surface area contributed by atoms with Crippen molar-refractivity contribution in [1.29, 1.82) is 0 Å². The highest BCUT2D eigenvalue weighted by atomic mass is 35.5. The third-order valence-corrected chi connectivity index (χ3v) is 6.62. The fourth-order valence-electron chi connectivity index (χ4n) is 4.44. The maximum Gasteiger partial charge on any atom is 0.408 e. The van der Waals surface area contributed by atoms with Gasteiger partial charge in [0.05, 0.1) is 16.8 Å². The summed E-state index contributed by atoms with van der Waals surface area (Å²) in [4.78, 5) is 29.2.